The zero-order valence-corrected chi connectivity index (χ0v) is 18.7. The number of aliphatic hydroxyl groups is 1. The van der Waals surface area contributed by atoms with Gasteiger partial charge in [-0.25, -0.2) is 14.6 Å². The van der Waals surface area contributed by atoms with Gasteiger partial charge in [-0.15, -0.1) is 5.10 Å². The lowest BCUT2D eigenvalue weighted by atomic mass is 10.1. The molecular weight excluding hydrogens is 432 g/mol. The summed E-state index contributed by atoms with van der Waals surface area (Å²) >= 11 is 0. The zero-order chi connectivity index (χ0) is 23.8. The summed E-state index contributed by atoms with van der Waals surface area (Å²) in [5.41, 5.74) is 3.95. The largest absolute Gasteiger partial charge is 0.437 e. The minimum absolute atomic E-state index is 0.278. The Balaban J connectivity index is 1.55. The van der Waals surface area contributed by atoms with E-state index in [-0.39, 0.29) is 5.69 Å². The maximum Gasteiger partial charge on any atom is 0.238 e. The number of pyridine rings is 1. The molecule has 1 N–H and O–H groups in total. The third kappa shape index (κ3) is 3.85. The van der Waals surface area contributed by atoms with Crippen molar-refractivity contribution in [3.05, 3.63) is 77.5 Å². The molecule has 0 fully saturated rings. The number of nitriles is 1. The van der Waals surface area contributed by atoms with Crippen LogP contribution in [0.3, 0.4) is 0 Å². The van der Waals surface area contributed by atoms with Crippen molar-refractivity contribution in [2.45, 2.75) is 26.9 Å². The molecule has 4 aromatic heterocycles. The molecule has 5 aromatic rings. The summed E-state index contributed by atoms with van der Waals surface area (Å²) in [4.78, 5) is 9.27. The van der Waals surface area contributed by atoms with Gasteiger partial charge in [0.25, 0.3) is 0 Å². The van der Waals surface area contributed by atoms with Gasteiger partial charge in [0.2, 0.25) is 5.88 Å². The molecule has 0 bridgehead atoms. The lowest BCUT2D eigenvalue weighted by Gasteiger charge is -2.14. The summed E-state index contributed by atoms with van der Waals surface area (Å²) in [6.45, 7) is 5.36. The fourth-order valence-corrected chi connectivity index (χ4v) is 3.62. The number of aliphatic hydroxyl groups excluding tert-OH is 1. The standard InChI is InChI=1S/C24H20N8O2/c1-14-4-9-23(29-28-14)34-18-5-7-21-20(11-18)26-13-31(21)22-8-6-19(16(3)33)24(27-22)32-15(2)10-17(12-25)30-32/h4-11,13,16,33H,1-3H3. The first kappa shape index (κ1) is 21.2. The van der Waals surface area contributed by atoms with Crippen LogP contribution in [0.5, 0.6) is 11.6 Å². The molecule has 0 saturated heterocycles. The Bertz CT molecular complexity index is 1540. The maximum atomic E-state index is 10.3. The number of imidazole rings is 1. The minimum atomic E-state index is -0.769. The quantitative estimate of drug-likeness (QED) is 0.427. The Labute approximate surface area is 194 Å². The van der Waals surface area contributed by atoms with E-state index >= 15 is 0 Å². The first-order chi connectivity index (χ1) is 16.4. The van der Waals surface area contributed by atoms with Crippen LogP contribution in [0.2, 0.25) is 0 Å². The predicted molar refractivity (Wildman–Crippen MR) is 123 cm³/mol. The summed E-state index contributed by atoms with van der Waals surface area (Å²) in [5.74, 6) is 2.03. The predicted octanol–water partition coefficient (Wildman–Crippen LogP) is 3.73. The second-order valence-electron chi connectivity index (χ2n) is 7.83. The van der Waals surface area contributed by atoms with E-state index in [9.17, 15) is 10.4 Å². The van der Waals surface area contributed by atoms with Crippen LogP contribution >= 0.6 is 0 Å². The number of aryl methyl sites for hydroxylation is 2. The van der Waals surface area contributed by atoms with Crippen molar-refractivity contribution in [2.75, 3.05) is 0 Å². The fourth-order valence-electron chi connectivity index (χ4n) is 3.62. The van der Waals surface area contributed by atoms with Gasteiger partial charge >= 0.3 is 0 Å². The molecule has 1 atom stereocenters. The van der Waals surface area contributed by atoms with E-state index in [1.165, 1.54) is 0 Å². The molecule has 0 amide bonds. The van der Waals surface area contributed by atoms with Gasteiger partial charge in [-0.2, -0.15) is 15.5 Å². The molecule has 34 heavy (non-hydrogen) atoms. The Morgan fingerprint density at radius 1 is 1.06 bits per heavy atom. The summed E-state index contributed by atoms with van der Waals surface area (Å²) in [6, 6.07) is 16.4. The molecule has 1 aromatic carbocycles. The topological polar surface area (TPSA) is 128 Å². The Morgan fingerprint density at radius 2 is 1.91 bits per heavy atom. The molecule has 0 radical (unpaired) electrons. The molecule has 0 aliphatic carbocycles. The molecule has 4 heterocycles. The van der Waals surface area contributed by atoms with Crippen molar-refractivity contribution < 1.29 is 9.84 Å². The average Bonchev–Trinajstić information content (AvgIpc) is 3.43. The van der Waals surface area contributed by atoms with Gasteiger partial charge in [0.05, 0.1) is 22.8 Å². The van der Waals surface area contributed by atoms with Crippen LogP contribution in [-0.2, 0) is 0 Å². The smallest absolute Gasteiger partial charge is 0.238 e. The van der Waals surface area contributed by atoms with Crippen LogP contribution in [0, 0.1) is 25.2 Å². The zero-order valence-electron chi connectivity index (χ0n) is 18.7. The number of rotatable bonds is 5. The molecule has 10 nitrogen and oxygen atoms in total. The summed E-state index contributed by atoms with van der Waals surface area (Å²) in [7, 11) is 0. The molecule has 10 heteroatoms. The Morgan fingerprint density at radius 3 is 2.62 bits per heavy atom. The number of hydrogen-bond acceptors (Lipinski definition) is 8. The normalized spacial score (nSPS) is 12.0. The van der Waals surface area contributed by atoms with Crippen LogP contribution < -0.4 is 4.74 Å². The third-order valence-electron chi connectivity index (χ3n) is 5.30. The molecule has 0 aliphatic heterocycles. The molecule has 0 saturated carbocycles. The van der Waals surface area contributed by atoms with Crippen molar-refractivity contribution in [3.63, 3.8) is 0 Å². The highest BCUT2D eigenvalue weighted by atomic mass is 16.5. The summed E-state index contributed by atoms with van der Waals surface area (Å²) < 4.78 is 9.20. The van der Waals surface area contributed by atoms with Crippen molar-refractivity contribution >= 4 is 11.0 Å². The van der Waals surface area contributed by atoms with Crippen LogP contribution in [0.4, 0.5) is 0 Å². The molecule has 1 unspecified atom stereocenters. The Kier molecular flexibility index (Phi) is 5.24. The number of fused-ring (bicyclic) bond motifs is 1. The number of ether oxygens (including phenoxy) is 1. The number of aromatic nitrogens is 7. The van der Waals surface area contributed by atoms with Gasteiger partial charge in [-0.1, -0.05) is 0 Å². The third-order valence-corrected chi connectivity index (χ3v) is 5.30. The number of hydrogen-bond donors (Lipinski definition) is 1. The molecule has 168 valence electrons. The highest BCUT2D eigenvalue weighted by Crippen LogP contribution is 2.27. The second-order valence-corrected chi connectivity index (χ2v) is 7.83. The summed E-state index contributed by atoms with van der Waals surface area (Å²) in [6.07, 6.45) is 0.903. The highest BCUT2D eigenvalue weighted by Gasteiger charge is 2.17. The maximum absolute atomic E-state index is 10.3. The van der Waals surface area contributed by atoms with Crippen molar-refractivity contribution in [3.8, 4) is 29.3 Å². The molecule has 0 aliphatic rings. The van der Waals surface area contributed by atoms with Crippen LogP contribution in [0.15, 0.2) is 54.9 Å². The van der Waals surface area contributed by atoms with Crippen LogP contribution in [0.25, 0.3) is 22.7 Å². The van der Waals surface area contributed by atoms with Gasteiger partial charge in [-0.3, -0.25) is 4.57 Å². The van der Waals surface area contributed by atoms with E-state index < -0.39 is 6.10 Å². The van der Waals surface area contributed by atoms with E-state index in [0.717, 1.165) is 16.9 Å². The number of benzene rings is 1. The first-order valence-corrected chi connectivity index (χ1v) is 10.5. The second kappa shape index (κ2) is 8.38. The van der Waals surface area contributed by atoms with Crippen LogP contribution in [0.1, 0.15) is 35.7 Å². The van der Waals surface area contributed by atoms with Crippen molar-refractivity contribution in [1.82, 2.24) is 34.5 Å². The van der Waals surface area contributed by atoms with Gasteiger partial charge in [0.15, 0.2) is 11.5 Å². The number of nitrogens with zero attached hydrogens (tertiary/aromatic N) is 8. The van der Waals surface area contributed by atoms with E-state index in [2.05, 4.69) is 20.3 Å². The van der Waals surface area contributed by atoms with Gasteiger partial charge in [0, 0.05) is 23.4 Å². The lowest BCUT2D eigenvalue weighted by Crippen LogP contribution is -2.10. The van der Waals surface area contributed by atoms with Crippen molar-refractivity contribution in [2.24, 2.45) is 0 Å². The SMILES string of the molecule is Cc1ccc(Oc2ccc3c(c2)ncn3-c2ccc(C(C)O)c(-n3nc(C#N)cc3C)n2)nn1. The first-order valence-electron chi connectivity index (χ1n) is 10.5. The average molecular weight is 452 g/mol. The van der Waals surface area contributed by atoms with Gasteiger partial charge in [0.1, 0.15) is 24.0 Å². The van der Waals surface area contributed by atoms with E-state index in [1.54, 1.807) is 36.1 Å². The van der Waals surface area contributed by atoms with Gasteiger partial charge < -0.3 is 9.84 Å². The molecular formula is C24H20N8O2. The highest BCUT2D eigenvalue weighted by molar-refractivity contribution is 5.78. The van der Waals surface area contributed by atoms with Crippen molar-refractivity contribution in [1.29, 1.82) is 5.26 Å². The van der Waals surface area contributed by atoms with Crippen LogP contribution in [-0.4, -0.2) is 39.6 Å². The van der Waals surface area contributed by atoms with E-state index in [4.69, 9.17) is 9.72 Å². The minimum Gasteiger partial charge on any atom is -0.437 e. The molecule has 5 rings (SSSR count). The monoisotopic (exact) mass is 452 g/mol. The molecule has 0 spiro atoms. The summed E-state index contributed by atoms with van der Waals surface area (Å²) in [5, 5.41) is 31.9. The Hall–Kier alpha value is -4.62. The lowest BCUT2D eigenvalue weighted by molar-refractivity contribution is 0.198. The van der Waals surface area contributed by atoms with E-state index in [0.29, 0.717) is 34.3 Å². The van der Waals surface area contributed by atoms with E-state index in [1.807, 2.05) is 54.8 Å². The van der Waals surface area contributed by atoms with Gasteiger partial charge in [-0.05, 0) is 57.2 Å². The fraction of sp³-hybridized carbons (Fsp3) is 0.167.